The third kappa shape index (κ3) is 7.53. The topological polar surface area (TPSA) is 61.8 Å². The van der Waals surface area contributed by atoms with Gasteiger partial charge < -0.3 is 20.1 Å². The molecule has 0 bridgehead atoms. The van der Waals surface area contributed by atoms with Crippen LogP contribution in [0.5, 0.6) is 0 Å². The van der Waals surface area contributed by atoms with Crippen molar-refractivity contribution in [3.05, 3.63) is 0 Å². The molecule has 5 nitrogen and oxygen atoms in total. The summed E-state index contributed by atoms with van der Waals surface area (Å²) in [6, 6.07) is 0.531. The van der Waals surface area contributed by atoms with Crippen molar-refractivity contribution in [2.24, 2.45) is 11.8 Å². The van der Waals surface area contributed by atoms with Gasteiger partial charge in [0, 0.05) is 25.7 Å². The average molecular weight is 328 g/mol. The quantitative estimate of drug-likeness (QED) is 0.754. The van der Waals surface area contributed by atoms with E-state index in [4.69, 9.17) is 4.74 Å². The summed E-state index contributed by atoms with van der Waals surface area (Å²) in [5.41, 5.74) is -0.441. The summed E-state index contributed by atoms with van der Waals surface area (Å²) in [5.74, 6) is 0.824. The number of hydrogen-bond donors (Lipinski definition) is 2. The molecule has 0 aliphatic carbocycles. The van der Waals surface area contributed by atoms with Crippen molar-refractivity contribution in [3.8, 4) is 0 Å². The summed E-state index contributed by atoms with van der Waals surface area (Å²) in [4.78, 5) is 13.9. The highest BCUT2D eigenvalue weighted by Gasteiger charge is 2.30. The monoisotopic (exact) mass is 328 g/mol. The molecule has 1 saturated heterocycles. The van der Waals surface area contributed by atoms with Crippen molar-refractivity contribution in [2.45, 2.75) is 71.9 Å². The van der Waals surface area contributed by atoms with E-state index in [9.17, 15) is 9.90 Å². The lowest BCUT2D eigenvalue weighted by Crippen LogP contribution is -2.43. The molecule has 2 atom stereocenters. The van der Waals surface area contributed by atoms with Crippen LogP contribution in [0.15, 0.2) is 0 Å². The van der Waals surface area contributed by atoms with Crippen LogP contribution in [0.25, 0.3) is 0 Å². The zero-order valence-electron chi connectivity index (χ0n) is 15.6. The number of nitrogens with zero attached hydrogens (tertiary/aromatic N) is 1. The molecule has 1 fully saturated rings. The molecule has 136 valence electrons. The molecule has 1 aliphatic heterocycles. The van der Waals surface area contributed by atoms with Gasteiger partial charge in [-0.3, -0.25) is 0 Å². The van der Waals surface area contributed by atoms with Gasteiger partial charge in [0.05, 0.1) is 0 Å². The van der Waals surface area contributed by atoms with Gasteiger partial charge in [0.25, 0.3) is 0 Å². The highest BCUT2D eigenvalue weighted by molar-refractivity contribution is 5.68. The van der Waals surface area contributed by atoms with Gasteiger partial charge in [-0.1, -0.05) is 6.92 Å². The van der Waals surface area contributed by atoms with E-state index in [1.54, 1.807) is 4.90 Å². The SMILES string of the molecule is CCC(C)NCCC(CO)C1CCN(C(=O)OC(C)(C)C)CC1. The number of piperidine rings is 1. The van der Waals surface area contributed by atoms with Crippen LogP contribution in [0.2, 0.25) is 0 Å². The second-order valence-electron chi connectivity index (χ2n) is 7.80. The number of hydrogen-bond acceptors (Lipinski definition) is 4. The molecule has 0 saturated carbocycles. The van der Waals surface area contributed by atoms with Gasteiger partial charge in [0.2, 0.25) is 0 Å². The molecule has 0 spiro atoms. The number of carbonyl (C=O) groups is 1. The van der Waals surface area contributed by atoms with Gasteiger partial charge >= 0.3 is 6.09 Å². The fourth-order valence-corrected chi connectivity index (χ4v) is 3.02. The lowest BCUT2D eigenvalue weighted by molar-refractivity contribution is 0.0137. The molecular weight excluding hydrogens is 292 g/mol. The molecule has 0 aromatic rings. The van der Waals surface area contributed by atoms with Gasteiger partial charge in [-0.2, -0.15) is 0 Å². The van der Waals surface area contributed by atoms with E-state index in [1.165, 1.54) is 0 Å². The van der Waals surface area contributed by atoms with Crippen molar-refractivity contribution in [1.29, 1.82) is 0 Å². The number of carbonyl (C=O) groups excluding carboxylic acids is 1. The number of rotatable bonds is 7. The Bertz CT molecular complexity index is 347. The third-order valence-corrected chi connectivity index (χ3v) is 4.71. The first kappa shape index (κ1) is 20.2. The van der Waals surface area contributed by atoms with E-state index in [1.807, 2.05) is 20.8 Å². The Kier molecular flexibility index (Phi) is 8.34. The van der Waals surface area contributed by atoms with Crippen molar-refractivity contribution in [2.75, 3.05) is 26.2 Å². The molecular formula is C18H36N2O3. The molecule has 0 aromatic carbocycles. The molecule has 5 heteroatoms. The normalized spacial score (nSPS) is 19.5. The molecule has 2 N–H and O–H groups in total. The van der Waals surface area contributed by atoms with E-state index >= 15 is 0 Å². The lowest BCUT2D eigenvalue weighted by atomic mass is 9.83. The van der Waals surface area contributed by atoms with Gasteiger partial charge in [-0.15, -0.1) is 0 Å². The zero-order valence-corrected chi connectivity index (χ0v) is 15.6. The largest absolute Gasteiger partial charge is 0.444 e. The van der Waals surface area contributed by atoms with Crippen LogP contribution in [0.4, 0.5) is 4.79 Å². The van der Waals surface area contributed by atoms with Crippen molar-refractivity contribution >= 4 is 6.09 Å². The fourth-order valence-electron chi connectivity index (χ4n) is 3.02. The second-order valence-corrected chi connectivity index (χ2v) is 7.80. The highest BCUT2D eigenvalue weighted by atomic mass is 16.6. The predicted octanol–water partition coefficient (Wildman–Crippen LogP) is 3.02. The predicted molar refractivity (Wildman–Crippen MR) is 93.5 cm³/mol. The molecule has 1 rings (SSSR count). The van der Waals surface area contributed by atoms with Crippen LogP contribution >= 0.6 is 0 Å². The first-order valence-electron chi connectivity index (χ1n) is 9.09. The third-order valence-electron chi connectivity index (χ3n) is 4.71. The Hall–Kier alpha value is -0.810. The molecule has 1 heterocycles. The van der Waals surface area contributed by atoms with Crippen molar-refractivity contribution in [1.82, 2.24) is 10.2 Å². The van der Waals surface area contributed by atoms with Gasteiger partial charge in [-0.05, 0) is 71.8 Å². The number of aliphatic hydroxyl groups is 1. The zero-order chi connectivity index (χ0) is 17.5. The van der Waals surface area contributed by atoms with Crippen LogP contribution in [-0.2, 0) is 4.74 Å². The van der Waals surface area contributed by atoms with E-state index in [-0.39, 0.29) is 12.7 Å². The number of ether oxygens (including phenoxy) is 1. The minimum Gasteiger partial charge on any atom is -0.444 e. The Balaban J connectivity index is 2.36. The van der Waals surface area contributed by atoms with Gasteiger partial charge in [-0.25, -0.2) is 4.79 Å². The summed E-state index contributed by atoms with van der Waals surface area (Å²) in [6.45, 7) is 12.7. The van der Waals surface area contributed by atoms with E-state index in [0.29, 0.717) is 17.9 Å². The molecule has 1 amide bonds. The van der Waals surface area contributed by atoms with Crippen LogP contribution in [0.3, 0.4) is 0 Å². The minimum absolute atomic E-state index is 0.213. The number of amides is 1. The van der Waals surface area contributed by atoms with Gasteiger partial charge in [0.1, 0.15) is 5.60 Å². The maximum absolute atomic E-state index is 12.1. The smallest absolute Gasteiger partial charge is 0.410 e. The van der Waals surface area contributed by atoms with Crippen molar-refractivity contribution in [3.63, 3.8) is 0 Å². The molecule has 0 radical (unpaired) electrons. The number of aliphatic hydroxyl groups excluding tert-OH is 1. The maximum Gasteiger partial charge on any atom is 0.410 e. The van der Waals surface area contributed by atoms with Gasteiger partial charge in [0.15, 0.2) is 0 Å². The summed E-state index contributed by atoms with van der Waals surface area (Å²) in [7, 11) is 0. The maximum atomic E-state index is 12.1. The van der Waals surface area contributed by atoms with Crippen molar-refractivity contribution < 1.29 is 14.6 Å². The summed E-state index contributed by atoms with van der Waals surface area (Å²) in [5, 5.41) is 13.2. The summed E-state index contributed by atoms with van der Waals surface area (Å²) < 4.78 is 5.43. The first-order chi connectivity index (χ1) is 10.8. The minimum atomic E-state index is -0.441. The highest BCUT2D eigenvalue weighted by Crippen LogP contribution is 2.27. The lowest BCUT2D eigenvalue weighted by Gasteiger charge is -2.36. The number of likely N-dealkylation sites (tertiary alicyclic amines) is 1. The Morgan fingerprint density at radius 1 is 1.35 bits per heavy atom. The van der Waals surface area contributed by atoms with E-state index in [0.717, 1.165) is 45.3 Å². The van der Waals surface area contributed by atoms with Crippen LogP contribution in [0, 0.1) is 11.8 Å². The molecule has 0 aromatic heterocycles. The van der Waals surface area contributed by atoms with Crippen LogP contribution in [0.1, 0.15) is 60.3 Å². The Labute approximate surface area is 141 Å². The Morgan fingerprint density at radius 3 is 2.43 bits per heavy atom. The second kappa shape index (κ2) is 9.48. The fraction of sp³-hybridized carbons (Fsp3) is 0.944. The summed E-state index contributed by atoms with van der Waals surface area (Å²) in [6.07, 6.45) is 3.81. The standard InChI is InChI=1S/C18H36N2O3/c1-6-14(2)19-10-7-16(13-21)15-8-11-20(12-9-15)17(22)23-18(3,4)5/h14-16,19,21H,6-13H2,1-5H3. The van der Waals surface area contributed by atoms with Crippen LogP contribution in [-0.4, -0.2) is 54.0 Å². The molecule has 23 heavy (non-hydrogen) atoms. The van der Waals surface area contributed by atoms with E-state index in [2.05, 4.69) is 19.2 Å². The first-order valence-corrected chi connectivity index (χ1v) is 9.09. The number of nitrogens with one attached hydrogen (secondary N) is 1. The molecule has 2 unspecified atom stereocenters. The van der Waals surface area contributed by atoms with Crippen LogP contribution < -0.4 is 5.32 Å². The molecule has 1 aliphatic rings. The Morgan fingerprint density at radius 2 is 1.96 bits per heavy atom. The summed E-state index contributed by atoms with van der Waals surface area (Å²) >= 11 is 0. The van der Waals surface area contributed by atoms with E-state index < -0.39 is 5.60 Å². The average Bonchev–Trinajstić information content (AvgIpc) is 2.50.